The molecule has 0 amide bonds. The predicted molar refractivity (Wildman–Crippen MR) is 212 cm³/mol. The lowest BCUT2D eigenvalue weighted by atomic mass is 10.1. The summed E-state index contributed by atoms with van der Waals surface area (Å²) in [5, 5.41) is 25.5. The van der Waals surface area contributed by atoms with E-state index in [9.17, 15) is 0 Å². The molecule has 0 atom stereocenters. The van der Waals surface area contributed by atoms with E-state index in [1.54, 1.807) is 16.8 Å². The number of hydrogen-bond acceptors (Lipinski definition) is 12. The van der Waals surface area contributed by atoms with Gasteiger partial charge < -0.3 is 29.0 Å². The first kappa shape index (κ1) is 38.2. The highest BCUT2D eigenvalue weighted by Crippen LogP contribution is 2.27. The Kier molecular flexibility index (Phi) is 12.4. The zero-order chi connectivity index (χ0) is 35.3. The molecule has 2 aromatic carbocycles. The van der Waals surface area contributed by atoms with Crippen molar-refractivity contribution in [2.24, 2.45) is 4.99 Å². The summed E-state index contributed by atoms with van der Waals surface area (Å²) in [5.41, 5.74) is 6.24. The van der Waals surface area contributed by atoms with Crippen LogP contribution in [0.25, 0.3) is 33.3 Å². The molecule has 8 heterocycles. The maximum atomic E-state index is 8.39. The molecule has 279 valence electrons. The number of fused-ring (bicyclic) bond motifs is 4. The average Bonchev–Trinajstić information content (AvgIpc) is 4.02. The Morgan fingerprint density at radius 2 is 1.46 bits per heavy atom. The van der Waals surface area contributed by atoms with E-state index in [-0.39, 0.29) is 20.1 Å². The molecule has 2 saturated heterocycles. The van der Waals surface area contributed by atoms with Gasteiger partial charge in [0.15, 0.2) is 17.5 Å². The van der Waals surface area contributed by atoms with Gasteiger partial charge in [0.05, 0.1) is 44.7 Å². The molecule has 2 fully saturated rings. The first-order valence-electron chi connectivity index (χ1n) is 16.8. The SMILES string of the molecule is C.C.Clc1nc(N2CCOCC2)c2cccn2n1.O[B]Oc1ccc2c(c1)C=NC2.c1cc2c(N3CCOCC3)nc(-c3ccc4[nH]ncc4c3)nn2c1. The van der Waals surface area contributed by atoms with Gasteiger partial charge in [0.25, 0.3) is 0 Å². The number of aliphatic imine (C=N–C) groups is 1. The van der Waals surface area contributed by atoms with Gasteiger partial charge in [0.1, 0.15) is 16.8 Å². The largest absolute Gasteiger partial charge is 0.569 e. The first-order chi connectivity index (χ1) is 25.6. The van der Waals surface area contributed by atoms with E-state index in [0.29, 0.717) is 19.3 Å². The summed E-state index contributed by atoms with van der Waals surface area (Å²) in [4.78, 5) is 17.7. The molecule has 0 spiro atoms. The fourth-order valence-corrected chi connectivity index (χ4v) is 6.41. The summed E-state index contributed by atoms with van der Waals surface area (Å²) in [5.74, 6) is 3.18. The molecule has 10 rings (SSSR count). The summed E-state index contributed by atoms with van der Waals surface area (Å²) >= 11 is 5.90. The molecule has 0 bridgehead atoms. The molecule has 0 aliphatic carbocycles. The Hall–Kier alpha value is -5.55. The first-order valence-corrected chi connectivity index (χ1v) is 17.2. The van der Waals surface area contributed by atoms with Crippen molar-refractivity contribution in [2.45, 2.75) is 21.4 Å². The number of aromatic nitrogens is 8. The fraction of sp³-hybridized carbons (Fsp3) is 0.297. The van der Waals surface area contributed by atoms with Gasteiger partial charge in [-0.1, -0.05) is 20.9 Å². The fourth-order valence-electron chi connectivity index (χ4n) is 6.24. The van der Waals surface area contributed by atoms with E-state index in [1.807, 2.05) is 71.6 Å². The molecule has 3 aliphatic heterocycles. The maximum absolute atomic E-state index is 8.39. The van der Waals surface area contributed by atoms with E-state index in [2.05, 4.69) is 46.2 Å². The number of nitrogens with zero attached hydrogens (tertiary/aromatic N) is 10. The Morgan fingerprint density at radius 3 is 2.15 bits per heavy atom. The molecule has 7 aromatic rings. The third-order valence-corrected chi connectivity index (χ3v) is 9.00. The van der Waals surface area contributed by atoms with Crippen LogP contribution >= 0.6 is 11.6 Å². The quantitative estimate of drug-likeness (QED) is 0.225. The van der Waals surface area contributed by atoms with Gasteiger partial charge in [-0.15, -0.1) is 10.2 Å². The predicted octanol–water partition coefficient (Wildman–Crippen LogP) is 5.13. The number of anilines is 2. The molecule has 15 nitrogen and oxygen atoms in total. The summed E-state index contributed by atoms with van der Waals surface area (Å²) in [6, 6.07) is 19.7. The zero-order valence-corrected chi connectivity index (χ0v) is 28.8. The van der Waals surface area contributed by atoms with Gasteiger partial charge in [0.2, 0.25) is 5.28 Å². The maximum Gasteiger partial charge on any atom is 0.569 e. The average molecular weight is 751 g/mol. The van der Waals surface area contributed by atoms with Crippen molar-refractivity contribution >= 4 is 59.1 Å². The highest BCUT2D eigenvalue weighted by Gasteiger charge is 2.19. The zero-order valence-electron chi connectivity index (χ0n) is 28.0. The van der Waals surface area contributed by atoms with E-state index < -0.39 is 0 Å². The van der Waals surface area contributed by atoms with Gasteiger partial charge in [0, 0.05) is 61.3 Å². The van der Waals surface area contributed by atoms with E-state index in [1.165, 1.54) is 5.56 Å². The second-order valence-electron chi connectivity index (χ2n) is 12.1. The van der Waals surface area contributed by atoms with Crippen LogP contribution in [0.1, 0.15) is 26.0 Å². The van der Waals surface area contributed by atoms with Crippen molar-refractivity contribution in [1.29, 1.82) is 0 Å². The third kappa shape index (κ3) is 8.31. The van der Waals surface area contributed by atoms with Crippen LogP contribution in [-0.2, 0) is 16.0 Å². The number of rotatable bonds is 5. The number of H-pyrrole nitrogens is 1. The van der Waals surface area contributed by atoms with E-state index in [4.69, 9.17) is 35.7 Å². The van der Waals surface area contributed by atoms with Gasteiger partial charge >= 0.3 is 7.69 Å². The van der Waals surface area contributed by atoms with Crippen LogP contribution in [-0.4, -0.2) is 111 Å². The van der Waals surface area contributed by atoms with Crippen LogP contribution in [0.15, 0.2) is 84.2 Å². The highest BCUT2D eigenvalue weighted by molar-refractivity contribution is 6.28. The van der Waals surface area contributed by atoms with Crippen LogP contribution in [0.2, 0.25) is 5.28 Å². The number of halogens is 1. The summed E-state index contributed by atoms with van der Waals surface area (Å²) < 4.78 is 19.2. The van der Waals surface area contributed by atoms with Crippen molar-refractivity contribution in [1.82, 2.24) is 39.4 Å². The number of benzene rings is 2. The molecule has 5 aromatic heterocycles. The van der Waals surface area contributed by atoms with Crippen LogP contribution in [0.3, 0.4) is 0 Å². The van der Waals surface area contributed by atoms with Crippen molar-refractivity contribution in [3.63, 3.8) is 0 Å². The summed E-state index contributed by atoms with van der Waals surface area (Å²) in [7, 11) is 0.674. The molecular weight excluding hydrogens is 709 g/mol. The topological polar surface area (TPSA) is 156 Å². The normalized spacial score (nSPS) is 14.7. The van der Waals surface area contributed by atoms with E-state index >= 15 is 0 Å². The van der Waals surface area contributed by atoms with Crippen LogP contribution in [0.4, 0.5) is 11.6 Å². The second-order valence-corrected chi connectivity index (χ2v) is 12.4. The summed E-state index contributed by atoms with van der Waals surface area (Å²) in [6.45, 7) is 7.04. The van der Waals surface area contributed by atoms with Crippen molar-refractivity contribution in [2.75, 3.05) is 62.4 Å². The lowest BCUT2D eigenvalue weighted by Crippen LogP contribution is -2.37. The van der Waals surface area contributed by atoms with E-state index in [0.717, 1.165) is 104 Å². The number of ether oxygens (including phenoxy) is 2. The van der Waals surface area contributed by atoms with Crippen molar-refractivity contribution < 1.29 is 19.2 Å². The lowest BCUT2D eigenvalue weighted by Gasteiger charge is -2.28. The molecule has 54 heavy (non-hydrogen) atoms. The molecule has 2 N–H and O–H groups in total. The van der Waals surface area contributed by atoms with Crippen molar-refractivity contribution in [3.8, 4) is 17.1 Å². The lowest BCUT2D eigenvalue weighted by molar-refractivity contribution is 0.122. The number of hydrogen-bond donors (Lipinski definition) is 2. The Bertz CT molecular complexity index is 2330. The van der Waals surface area contributed by atoms with Crippen LogP contribution < -0.4 is 14.5 Å². The second kappa shape index (κ2) is 17.5. The van der Waals surface area contributed by atoms with Gasteiger partial charge in [-0.05, 0) is 71.8 Å². The van der Waals surface area contributed by atoms with Gasteiger partial charge in [-0.2, -0.15) is 10.1 Å². The highest BCUT2D eigenvalue weighted by atomic mass is 35.5. The third-order valence-electron chi connectivity index (χ3n) is 8.84. The molecular formula is C37H42BClN11O4. The molecule has 3 aliphatic rings. The minimum Gasteiger partial charge on any atom is -0.537 e. The number of aromatic amines is 1. The number of nitrogens with one attached hydrogen (secondary N) is 1. The monoisotopic (exact) mass is 750 g/mol. The Balaban J connectivity index is 0.000000145. The Morgan fingerprint density at radius 1 is 0.796 bits per heavy atom. The molecule has 0 unspecified atom stereocenters. The minimum absolute atomic E-state index is 0. The van der Waals surface area contributed by atoms with Crippen LogP contribution in [0.5, 0.6) is 5.75 Å². The molecule has 17 heteroatoms. The van der Waals surface area contributed by atoms with Crippen LogP contribution in [0, 0.1) is 0 Å². The summed E-state index contributed by atoms with van der Waals surface area (Å²) in [6.07, 6.45) is 7.45. The smallest absolute Gasteiger partial charge is 0.537 e. The standard InChI is InChI=1S/C17H16N6O.C10H11ClN4O.C8H7BNO2.2CH4/c1-2-15-17(22-6-8-24-9-7-22)19-16(21-23(15)5-1)12-3-4-14-13(10-12)11-18-20-14;11-10-12-9(14-4-6-16-7-5-14)8-2-1-3-15(8)13-10;11-9-12-8-2-1-6-4-10-5-7(6)3-8;;/h1-5,10-11H,6-9H2,(H,18,20);1-3H,4-7H2;1-3,5,11H,4H2;2*1H4. The van der Waals surface area contributed by atoms with Gasteiger partial charge in [-0.25, -0.2) is 14.0 Å². The minimum atomic E-state index is 0. The van der Waals surface area contributed by atoms with Gasteiger partial charge in [-0.3, -0.25) is 10.1 Å². The molecule has 1 radical (unpaired) electrons. The van der Waals surface area contributed by atoms with Crippen molar-refractivity contribution in [3.05, 3.63) is 95.7 Å². The Labute approximate surface area is 318 Å². The molecule has 0 saturated carbocycles. The number of morpholine rings is 2.